The normalized spacial score (nSPS) is 11.9. The van der Waals surface area contributed by atoms with Gasteiger partial charge < -0.3 is 5.32 Å². The van der Waals surface area contributed by atoms with Gasteiger partial charge in [-0.15, -0.1) is 11.3 Å². The quantitative estimate of drug-likeness (QED) is 0.744. The van der Waals surface area contributed by atoms with Crippen LogP contribution in [0.2, 0.25) is 0 Å². The summed E-state index contributed by atoms with van der Waals surface area (Å²) in [5, 5.41) is 3.28. The summed E-state index contributed by atoms with van der Waals surface area (Å²) in [6.07, 6.45) is 1.96. The van der Waals surface area contributed by atoms with Gasteiger partial charge in [0.15, 0.2) is 0 Å². The molecule has 0 aliphatic heterocycles. The molecule has 1 aromatic heterocycles. The molecule has 98 valence electrons. The van der Waals surface area contributed by atoms with Crippen LogP contribution in [0.15, 0.2) is 10.5 Å². The smallest absolute Gasteiger partial charge is 0.208 e. The molecule has 0 aromatic carbocycles. The Hall–Kier alpha value is 0.0500. The predicted molar refractivity (Wildman–Crippen MR) is 75.9 cm³/mol. The lowest BCUT2D eigenvalue weighted by molar-refractivity contribution is 0.579. The van der Waals surface area contributed by atoms with Crippen molar-refractivity contribution in [2.75, 3.05) is 19.3 Å². The van der Waals surface area contributed by atoms with Crippen molar-refractivity contribution in [2.45, 2.75) is 19.9 Å². The molecule has 1 heterocycles. The fraction of sp³-hybridized carbons (Fsp3) is 0.600. The molecule has 0 bridgehead atoms. The first kappa shape index (κ1) is 15.1. The van der Waals surface area contributed by atoms with Gasteiger partial charge in [0.05, 0.1) is 6.26 Å². The predicted octanol–water partition coefficient (Wildman–Crippen LogP) is 1.85. The van der Waals surface area contributed by atoms with Gasteiger partial charge in [-0.3, -0.25) is 0 Å². The molecule has 2 N–H and O–H groups in total. The van der Waals surface area contributed by atoms with Crippen molar-refractivity contribution in [2.24, 2.45) is 0 Å². The SMILES string of the molecule is Cc1sc(CNCCCNS(C)(=O)=O)cc1Br. The Kier molecular flexibility index (Phi) is 6.08. The van der Waals surface area contributed by atoms with E-state index in [9.17, 15) is 8.42 Å². The fourth-order valence-electron chi connectivity index (χ4n) is 1.29. The maximum Gasteiger partial charge on any atom is 0.208 e. The Balaban J connectivity index is 2.12. The fourth-order valence-corrected chi connectivity index (χ4v) is 3.37. The first-order chi connectivity index (χ1) is 7.88. The highest BCUT2D eigenvalue weighted by Crippen LogP contribution is 2.25. The molecule has 0 unspecified atom stereocenters. The molecule has 7 heteroatoms. The number of thiophene rings is 1. The Morgan fingerprint density at radius 2 is 2.12 bits per heavy atom. The van der Waals surface area contributed by atoms with Gasteiger partial charge in [-0.25, -0.2) is 13.1 Å². The molecule has 0 radical (unpaired) electrons. The van der Waals surface area contributed by atoms with Crippen molar-refractivity contribution >= 4 is 37.3 Å². The molecule has 4 nitrogen and oxygen atoms in total. The Bertz CT molecular complexity index is 437. The highest BCUT2D eigenvalue weighted by atomic mass is 79.9. The van der Waals surface area contributed by atoms with Crippen LogP contribution in [0.4, 0.5) is 0 Å². The van der Waals surface area contributed by atoms with E-state index in [1.54, 1.807) is 11.3 Å². The number of halogens is 1. The van der Waals surface area contributed by atoms with Crippen molar-refractivity contribution < 1.29 is 8.42 Å². The summed E-state index contributed by atoms with van der Waals surface area (Å²) in [6, 6.07) is 2.11. The molecule has 0 fully saturated rings. The van der Waals surface area contributed by atoms with Crippen LogP contribution in [0.1, 0.15) is 16.2 Å². The van der Waals surface area contributed by atoms with Crippen molar-refractivity contribution in [1.82, 2.24) is 10.0 Å². The van der Waals surface area contributed by atoms with Crippen LogP contribution < -0.4 is 10.0 Å². The number of nitrogens with one attached hydrogen (secondary N) is 2. The molecule has 0 aliphatic carbocycles. The minimum atomic E-state index is -3.05. The van der Waals surface area contributed by atoms with Crippen LogP contribution >= 0.6 is 27.3 Å². The Labute approximate surface area is 115 Å². The van der Waals surface area contributed by atoms with Crippen LogP contribution in [0.3, 0.4) is 0 Å². The first-order valence-corrected chi connectivity index (χ1v) is 8.79. The van der Waals surface area contributed by atoms with Gasteiger partial charge in [0.2, 0.25) is 10.0 Å². The van der Waals surface area contributed by atoms with E-state index in [0.717, 1.165) is 24.0 Å². The number of aryl methyl sites for hydroxylation is 1. The van der Waals surface area contributed by atoms with Gasteiger partial charge in [-0.2, -0.15) is 0 Å². The molecular weight excluding hydrogens is 324 g/mol. The summed E-state index contributed by atoms with van der Waals surface area (Å²) < 4.78 is 25.2. The van der Waals surface area contributed by atoms with E-state index in [4.69, 9.17) is 0 Å². The summed E-state index contributed by atoms with van der Waals surface area (Å²) in [6.45, 7) is 4.19. The maximum absolute atomic E-state index is 10.8. The lowest BCUT2D eigenvalue weighted by Gasteiger charge is -2.03. The summed E-state index contributed by atoms with van der Waals surface area (Å²) in [7, 11) is -3.05. The molecule has 0 spiro atoms. The minimum absolute atomic E-state index is 0.485. The van der Waals surface area contributed by atoms with E-state index >= 15 is 0 Å². The Morgan fingerprint density at radius 1 is 1.41 bits per heavy atom. The summed E-state index contributed by atoms with van der Waals surface area (Å²) in [5.41, 5.74) is 0. The molecule has 1 aromatic rings. The van der Waals surface area contributed by atoms with E-state index < -0.39 is 10.0 Å². The van der Waals surface area contributed by atoms with Gasteiger partial charge >= 0.3 is 0 Å². The number of hydrogen-bond acceptors (Lipinski definition) is 4. The van der Waals surface area contributed by atoms with E-state index in [2.05, 4.69) is 39.0 Å². The monoisotopic (exact) mass is 340 g/mol. The summed E-state index contributed by atoms with van der Waals surface area (Å²) in [5.74, 6) is 0. The minimum Gasteiger partial charge on any atom is -0.312 e. The second-order valence-corrected chi connectivity index (χ2v) is 7.84. The van der Waals surface area contributed by atoms with Gasteiger partial charge in [0, 0.05) is 27.3 Å². The van der Waals surface area contributed by atoms with Crippen LogP contribution in [-0.2, 0) is 16.6 Å². The highest BCUT2D eigenvalue weighted by molar-refractivity contribution is 9.10. The van der Waals surface area contributed by atoms with Crippen LogP contribution in [0.25, 0.3) is 0 Å². The topological polar surface area (TPSA) is 58.2 Å². The van der Waals surface area contributed by atoms with E-state index in [0.29, 0.717) is 6.54 Å². The molecule has 0 aliphatic rings. The molecule has 0 saturated heterocycles. The molecule has 1 rings (SSSR count). The standard InChI is InChI=1S/C10H17BrN2O2S2/c1-8-10(11)6-9(16-8)7-12-4-3-5-13-17(2,14)15/h6,12-13H,3-5,7H2,1-2H3. The van der Waals surface area contributed by atoms with Gasteiger partial charge in [-0.05, 0) is 41.9 Å². The lowest BCUT2D eigenvalue weighted by atomic mass is 10.4. The molecule has 0 atom stereocenters. The molecule has 0 amide bonds. The van der Waals surface area contributed by atoms with E-state index in [1.165, 1.54) is 16.0 Å². The second-order valence-electron chi connectivity index (χ2n) is 3.81. The largest absolute Gasteiger partial charge is 0.312 e. The zero-order valence-corrected chi connectivity index (χ0v) is 13.1. The average Bonchev–Trinajstić information content (AvgIpc) is 2.50. The number of hydrogen-bond donors (Lipinski definition) is 2. The second kappa shape index (κ2) is 6.84. The van der Waals surface area contributed by atoms with Crippen molar-refractivity contribution in [3.05, 3.63) is 20.3 Å². The first-order valence-electron chi connectivity index (χ1n) is 5.28. The zero-order chi connectivity index (χ0) is 12.9. The zero-order valence-electron chi connectivity index (χ0n) is 9.92. The summed E-state index contributed by atoms with van der Waals surface area (Å²) >= 11 is 5.24. The molecule has 0 saturated carbocycles. The molecular formula is C10H17BrN2O2S2. The van der Waals surface area contributed by atoms with Gasteiger partial charge in [-0.1, -0.05) is 0 Å². The van der Waals surface area contributed by atoms with E-state index in [1.807, 2.05) is 0 Å². The highest BCUT2D eigenvalue weighted by Gasteiger charge is 2.02. The van der Waals surface area contributed by atoms with Gasteiger partial charge in [0.25, 0.3) is 0 Å². The Morgan fingerprint density at radius 3 is 2.65 bits per heavy atom. The van der Waals surface area contributed by atoms with E-state index in [-0.39, 0.29) is 0 Å². The van der Waals surface area contributed by atoms with Crippen LogP contribution in [0.5, 0.6) is 0 Å². The van der Waals surface area contributed by atoms with Crippen LogP contribution in [-0.4, -0.2) is 27.8 Å². The third-order valence-corrected chi connectivity index (χ3v) is 4.97. The molecule has 17 heavy (non-hydrogen) atoms. The maximum atomic E-state index is 10.8. The van der Waals surface area contributed by atoms with Crippen molar-refractivity contribution in [1.29, 1.82) is 0 Å². The third-order valence-electron chi connectivity index (χ3n) is 2.10. The van der Waals surface area contributed by atoms with Crippen molar-refractivity contribution in [3.63, 3.8) is 0 Å². The number of sulfonamides is 1. The third kappa shape index (κ3) is 6.52. The number of rotatable bonds is 7. The average molecular weight is 341 g/mol. The summed E-state index contributed by atoms with van der Waals surface area (Å²) in [4.78, 5) is 2.56. The van der Waals surface area contributed by atoms with Crippen molar-refractivity contribution in [3.8, 4) is 0 Å². The van der Waals surface area contributed by atoms with Gasteiger partial charge in [0.1, 0.15) is 0 Å². The lowest BCUT2D eigenvalue weighted by Crippen LogP contribution is -2.26. The van der Waals surface area contributed by atoms with Crippen LogP contribution in [0, 0.1) is 6.92 Å².